The summed E-state index contributed by atoms with van der Waals surface area (Å²) in [6, 6.07) is 21.3. The highest BCUT2D eigenvalue weighted by atomic mass is 32.1. The van der Waals surface area contributed by atoms with Crippen LogP contribution in [0.15, 0.2) is 72.1 Å². The maximum atomic E-state index is 13.2. The average Bonchev–Trinajstić information content (AvgIpc) is 3.51. The Morgan fingerprint density at radius 2 is 1.66 bits per heavy atom. The SMILES string of the molecule is O=C(c1cccs1)N1C[C@@H](CN2CCN(c3ccc(F)cc3)CC2)[C@@H](c2ccccc2)C1. The van der Waals surface area contributed by atoms with Gasteiger partial charge in [-0.25, -0.2) is 4.39 Å². The third kappa shape index (κ3) is 4.57. The molecule has 166 valence electrons. The van der Waals surface area contributed by atoms with Gasteiger partial charge in [0.25, 0.3) is 5.91 Å². The second-order valence-corrected chi connectivity index (χ2v) is 9.68. The molecule has 2 fully saturated rings. The van der Waals surface area contributed by atoms with Crippen molar-refractivity contribution in [2.75, 3.05) is 50.7 Å². The molecule has 6 heteroatoms. The van der Waals surface area contributed by atoms with Gasteiger partial charge in [0.05, 0.1) is 4.88 Å². The topological polar surface area (TPSA) is 26.8 Å². The van der Waals surface area contributed by atoms with Gasteiger partial charge >= 0.3 is 0 Å². The molecule has 5 rings (SSSR count). The van der Waals surface area contributed by atoms with Gasteiger partial charge in [-0.05, 0) is 47.2 Å². The van der Waals surface area contributed by atoms with Gasteiger partial charge in [0.15, 0.2) is 0 Å². The van der Waals surface area contributed by atoms with E-state index in [4.69, 9.17) is 0 Å². The molecule has 2 saturated heterocycles. The lowest BCUT2D eigenvalue weighted by atomic mass is 9.88. The van der Waals surface area contributed by atoms with Gasteiger partial charge in [0.1, 0.15) is 5.82 Å². The van der Waals surface area contributed by atoms with Gasteiger partial charge in [0.2, 0.25) is 0 Å². The second kappa shape index (κ2) is 9.43. The van der Waals surface area contributed by atoms with E-state index in [1.165, 1.54) is 29.0 Å². The van der Waals surface area contributed by atoms with Crippen LogP contribution in [0.5, 0.6) is 0 Å². The summed E-state index contributed by atoms with van der Waals surface area (Å²) >= 11 is 1.52. The predicted molar refractivity (Wildman–Crippen MR) is 128 cm³/mol. The number of nitrogens with zero attached hydrogens (tertiary/aromatic N) is 3. The van der Waals surface area contributed by atoms with E-state index >= 15 is 0 Å². The summed E-state index contributed by atoms with van der Waals surface area (Å²) in [5, 5.41) is 1.97. The maximum Gasteiger partial charge on any atom is 0.263 e. The van der Waals surface area contributed by atoms with Crippen LogP contribution >= 0.6 is 11.3 Å². The first-order valence-corrected chi connectivity index (χ1v) is 12.2. The molecule has 0 spiro atoms. The Morgan fingerprint density at radius 1 is 0.906 bits per heavy atom. The first-order valence-electron chi connectivity index (χ1n) is 11.3. The van der Waals surface area contributed by atoms with Crippen LogP contribution in [-0.2, 0) is 0 Å². The summed E-state index contributed by atoms with van der Waals surface area (Å²) in [5.74, 6) is 0.737. The van der Waals surface area contributed by atoms with Gasteiger partial charge < -0.3 is 9.80 Å². The van der Waals surface area contributed by atoms with Gasteiger partial charge in [-0.2, -0.15) is 0 Å². The molecule has 0 radical (unpaired) electrons. The number of likely N-dealkylation sites (tertiary alicyclic amines) is 1. The number of rotatable bonds is 5. The van der Waals surface area contributed by atoms with Crippen molar-refractivity contribution in [2.24, 2.45) is 5.92 Å². The van der Waals surface area contributed by atoms with Crippen LogP contribution in [0, 0.1) is 11.7 Å². The van der Waals surface area contributed by atoms with E-state index in [2.05, 4.69) is 40.1 Å². The quantitative estimate of drug-likeness (QED) is 0.571. The van der Waals surface area contributed by atoms with E-state index in [1.54, 1.807) is 0 Å². The number of carbonyl (C=O) groups is 1. The molecule has 0 bridgehead atoms. The van der Waals surface area contributed by atoms with Crippen LogP contribution in [0.1, 0.15) is 21.2 Å². The molecule has 0 saturated carbocycles. The third-order valence-corrected chi connectivity index (χ3v) is 7.60. The fraction of sp³-hybridized carbons (Fsp3) is 0.346. The Balaban J connectivity index is 1.26. The van der Waals surface area contributed by atoms with E-state index in [1.807, 2.05) is 34.5 Å². The van der Waals surface area contributed by atoms with Gasteiger partial charge in [-0.15, -0.1) is 11.3 Å². The molecular weight excluding hydrogens is 421 g/mol. The smallest absolute Gasteiger partial charge is 0.263 e. The zero-order valence-corrected chi connectivity index (χ0v) is 18.9. The Kier molecular flexibility index (Phi) is 6.23. The zero-order valence-electron chi connectivity index (χ0n) is 18.1. The minimum atomic E-state index is -0.192. The molecule has 3 heterocycles. The standard InChI is InChI=1S/C26H28FN3OS/c27-22-8-10-23(11-9-22)29-14-12-28(13-15-29)17-21-18-30(26(31)25-7-4-16-32-25)19-24(21)20-5-2-1-3-6-20/h1-11,16,21,24H,12-15,17-19H2/t21-,24-/m1/s1. The van der Waals surface area contributed by atoms with Gasteiger partial charge in [-0.3, -0.25) is 9.69 Å². The normalized spacial score (nSPS) is 21.8. The van der Waals surface area contributed by atoms with Crippen molar-refractivity contribution in [3.63, 3.8) is 0 Å². The number of hydrogen-bond acceptors (Lipinski definition) is 4. The molecule has 4 nitrogen and oxygen atoms in total. The lowest BCUT2D eigenvalue weighted by Gasteiger charge is -2.37. The minimum Gasteiger partial charge on any atom is -0.369 e. The molecule has 0 N–H and O–H groups in total. The number of piperazine rings is 1. The molecular formula is C26H28FN3OS. The first-order chi connectivity index (χ1) is 15.7. The summed E-state index contributed by atoms with van der Waals surface area (Å²) in [6.45, 7) is 6.40. The van der Waals surface area contributed by atoms with Crippen molar-refractivity contribution in [1.29, 1.82) is 0 Å². The molecule has 2 aliphatic heterocycles. The lowest BCUT2D eigenvalue weighted by molar-refractivity contribution is 0.0787. The molecule has 2 aromatic carbocycles. The molecule has 0 aliphatic carbocycles. The van der Waals surface area contributed by atoms with E-state index < -0.39 is 0 Å². The summed E-state index contributed by atoms with van der Waals surface area (Å²) < 4.78 is 13.2. The van der Waals surface area contributed by atoms with Crippen LogP contribution in [0.25, 0.3) is 0 Å². The van der Waals surface area contributed by atoms with Crippen molar-refractivity contribution >= 4 is 22.9 Å². The first kappa shape index (κ1) is 21.2. The Labute approximate surface area is 192 Å². The number of benzene rings is 2. The number of anilines is 1. The molecule has 1 aromatic heterocycles. The van der Waals surface area contributed by atoms with Gasteiger partial charge in [0, 0.05) is 57.4 Å². The van der Waals surface area contributed by atoms with Crippen LogP contribution in [0.2, 0.25) is 0 Å². The van der Waals surface area contributed by atoms with Crippen LogP contribution in [-0.4, -0.2) is 61.5 Å². The minimum absolute atomic E-state index is 0.157. The molecule has 32 heavy (non-hydrogen) atoms. The number of amides is 1. The Hall–Kier alpha value is -2.70. The largest absolute Gasteiger partial charge is 0.369 e. The summed E-state index contributed by atoms with van der Waals surface area (Å²) in [6.07, 6.45) is 0. The number of hydrogen-bond donors (Lipinski definition) is 0. The molecule has 2 atom stereocenters. The van der Waals surface area contributed by atoms with Gasteiger partial charge in [-0.1, -0.05) is 36.4 Å². The number of carbonyl (C=O) groups excluding carboxylic acids is 1. The van der Waals surface area contributed by atoms with Crippen molar-refractivity contribution in [2.45, 2.75) is 5.92 Å². The van der Waals surface area contributed by atoms with E-state index in [9.17, 15) is 9.18 Å². The monoisotopic (exact) mass is 449 g/mol. The molecule has 3 aromatic rings. The highest BCUT2D eigenvalue weighted by Crippen LogP contribution is 2.34. The highest BCUT2D eigenvalue weighted by molar-refractivity contribution is 7.12. The van der Waals surface area contributed by atoms with E-state index in [-0.39, 0.29) is 11.7 Å². The number of halogens is 1. The predicted octanol–water partition coefficient (Wildman–Crippen LogP) is 4.57. The average molecular weight is 450 g/mol. The fourth-order valence-electron chi connectivity index (χ4n) is 5.03. The Bertz CT molecular complexity index is 1020. The van der Waals surface area contributed by atoms with Crippen molar-refractivity contribution in [3.8, 4) is 0 Å². The number of thiophene rings is 1. The molecule has 1 amide bonds. The van der Waals surface area contributed by atoms with Crippen LogP contribution < -0.4 is 4.90 Å². The summed E-state index contributed by atoms with van der Waals surface area (Å²) in [7, 11) is 0. The highest BCUT2D eigenvalue weighted by Gasteiger charge is 2.37. The Morgan fingerprint density at radius 3 is 2.34 bits per heavy atom. The third-order valence-electron chi connectivity index (χ3n) is 6.74. The van der Waals surface area contributed by atoms with Crippen molar-refractivity contribution in [1.82, 2.24) is 9.80 Å². The summed E-state index contributed by atoms with van der Waals surface area (Å²) in [4.78, 5) is 20.8. The summed E-state index contributed by atoms with van der Waals surface area (Å²) in [5.41, 5.74) is 2.41. The fourth-order valence-corrected chi connectivity index (χ4v) is 5.72. The molecule has 0 unspecified atom stereocenters. The maximum absolute atomic E-state index is 13.2. The van der Waals surface area contributed by atoms with E-state index in [0.717, 1.165) is 56.4 Å². The second-order valence-electron chi connectivity index (χ2n) is 8.73. The van der Waals surface area contributed by atoms with E-state index in [0.29, 0.717) is 11.8 Å². The van der Waals surface area contributed by atoms with Crippen LogP contribution in [0.3, 0.4) is 0 Å². The van der Waals surface area contributed by atoms with Crippen molar-refractivity contribution in [3.05, 3.63) is 88.4 Å². The van der Waals surface area contributed by atoms with Crippen LogP contribution in [0.4, 0.5) is 10.1 Å². The zero-order chi connectivity index (χ0) is 21.9. The lowest BCUT2D eigenvalue weighted by Crippen LogP contribution is -2.48. The molecule has 2 aliphatic rings. The van der Waals surface area contributed by atoms with Crippen molar-refractivity contribution < 1.29 is 9.18 Å².